The Labute approximate surface area is 128 Å². The van der Waals surface area contributed by atoms with E-state index in [1.54, 1.807) is 0 Å². The Kier molecular flexibility index (Phi) is 5.25. The van der Waals surface area contributed by atoms with Crippen molar-refractivity contribution in [1.29, 1.82) is 0 Å². The van der Waals surface area contributed by atoms with Crippen LogP contribution in [0.15, 0.2) is 4.34 Å². The zero-order valence-electron chi connectivity index (χ0n) is 12.0. The van der Waals surface area contributed by atoms with E-state index >= 15 is 0 Å². The van der Waals surface area contributed by atoms with Gasteiger partial charge in [-0.25, -0.2) is 8.42 Å². The third-order valence-electron chi connectivity index (χ3n) is 3.22. The van der Waals surface area contributed by atoms with Gasteiger partial charge >= 0.3 is 0 Å². The zero-order chi connectivity index (χ0) is 15.5. The second kappa shape index (κ2) is 6.77. The van der Waals surface area contributed by atoms with Crippen molar-refractivity contribution in [2.24, 2.45) is 5.92 Å². The van der Waals surface area contributed by atoms with Crippen LogP contribution in [0.25, 0.3) is 0 Å². The fraction of sp³-hybridized carbons (Fsp3) is 0.727. The van der Waals surface area contributed by atoms with Gasteiger partial charge in [-0.1, -0.05) is 11.3 Å². The monoisotopic (exact) mass is 333 g/mol. The van der Waals surface area contributed by atoms with Crippen LogP contribution in [-0.4, -0.2) is 55.5 Å². The number of nitrogens with zero attached hydrogens (tertiary/aromatic N) is 3. The predicted molar refractivity (Wildman–Crippen MR) is 79.6 cm³/mol. The fourth-order valence-corrected chi connectivity index (χ4v) is 4.97. The van der Waals surface area contributed by atoms with Crippen LogP contribution in [-0.2, 0) is 14.8 Å². The normalized spacial score (nSPS) is 20.4. The summed E-state index contributed by atoms with van der Waals surface area (Å²) >= 11 is 0.877. The second-order valence-electron chi connectivity index (χ2n) is 4.98. The van der Waals surface area contributed by atoms with Crippen molar-refractivity contribution >= 4 is 32.4 Å². The Morgan fingerprint density at radius 3 is 2.90 bits per heavy atom. The number of nitrogens with one attached hydrogen (secondary N) is 2. The number of anilines is 1. The van der Waals surface area contributed by atoms with E-state index in [0.29, 0.717) is 19.0 Å². The highest BCUT2D eigenvalue weighted by molar-refractivity contribution is 7.91. The lowest BCUT2D eigenvalue weighted by atomic mass is 10.00. The maximum atomic E-state index is 12.5. The average molecular weight is 333 g/mol. The molecule has 118 valence electrons. The highest BCUT2D eigenvalue weighted by atomic mass is 32.2. The zero-order valence-corrected chi connectivity index (χ0v) is 13.6. The lowest BCUT2D eigenvalue weighted by molar-refractivity contribution is -0.114. The standard InChI is InChI=1S/C11H19N5O3S2/c1-8(17)13-10-14-15-11(20-10)21(18,19)16-5-3-4-9(7-16)6-12-2/h9,12H,3-7H2,1-2H3,(H,13,14,17). The summed E-state index contributed by atoms with van der Waals surface area (Å²) in [4.78, 5) is 10.9. The molecule has 1 atom stereocenters. The van der Waals surface area contributed by atoms with Gasteiger partial charge in [0.15, 0.2) is 0 Å². The van der Waals surface area contributed by atoms with Crippen molar-refractivity contribution in [1.82, 2.24) is 19.8 Å². The van der Waals surface area contributed by atoms with Crippen LogP contribution in [0.3, 0.4) is 0 Å². The number of rotatable bonds is 5. The first kappa shape index (κ1) is 16.3. The van der Waals surface area contributed by atoms with Gasteiger partial charge in [0, 0.05) is 20.0 Å². The highest BCUT2D eigenvalue weighted by Crippen LogP contribution is 2.27. The van der Waals surface area contributed by atoms with Crippen molar-refractivity contribution < 1.29 is 13.2 Å². The van der Waals surface area contributed by atoms with E-state index in [4.69, 9.17) is 0 Å². The lowest BCUT2D eigenvalue weighted by Gasteiger charge is -2.30. The summed E-state index contributed by atoms with van der Waals surface area (Å²) in [6.07, 6.45) is 1.85. The second-order valence-corrected chi connectivity index (χ2v) is 8.07. The van der Waals surface area contributed by atoms with Crippen LogP contribution in [0, 0.1) is 5.92 Å². The van der Waals surface area contributed by atoms with Gasteiger partial charge in [-0.2, -0.15) is 4.31 Å². The minimum Gasteiger partial charge on any atom is -0.319 e. The number of aromatic nitrogens is 2. The molecular weight excluding hydrogens is 314 g/mol. The molecule has 2 heterocycles. The Bertz CT molecular complexity index is 599. The van der Waals surface area contributed by atoms with Crippen LogP contribution < -0.4 is 10.6 Å². The SMILES string of the molecule is CNCC1CCCN(S(=O)(=O)c2nnc(NC(C)=O)s2)C1. The summed E-state index contributed by atoms with van der Waals surface area (Å²) in [5.41, 5.74) is 0. The predicted octanol–water partition coefficient (Wildman–Crippen LogP) is 0.117. The highest BCUT2D eigenvalue weighted by Gasteiger charge is 2.32. The molecule has 1 aliphatic heterocycles. The maximum absolute atomic E-state index is 12.5. The summed E-state index contributed by atoms with van der Waals surface area (Å²) in [6, 6.07) is 0. The van der Waals surface area contributed by atoms with Gasteiger partial charge in [-0.05, 0) is 32.4 Å². The molecule has 10 heteroatoms. The Morgan fingerprint density at radius 1 is 1.48 bits per heavy atom. The molecule has 0 aromatic carbocycles. The van der Waals surface area contributed by atoms with Crippen LogP contribution in [0.5, 0.6) is 0 Å². The van der Waals surface area contributed by atoms with E-state index in [1.165, 1.54) is 11.2 Å². The lowest BCUT2D eigenvalue weighted by Crippen LogP contribution is -2.42. The van der Waals surface area contributed by atoms with Crippen LogP contribution >= 0.6 is 11.3 Å². The van der Waals surface area contributed by atoms with Crippen molar-refractivity contribution in [3.8, 4) is 0 Å². The van der Waals surface area contributed by atoms with Crippen molar-refractivity contribution in [3.05, 3.63) is 0 Å². The molecule has 2 N–H and O–H groups in total. The number of hydrogen-bond acceptors (Lipinski definition) is 7. The van der Waals surface area contributed by atoms with E-state index in [9.17, 15) is 13.2 Å². The van der Waals surface area contributed by atoms with E-state index in [2.05, 4.69) is 20.8 Å². The van der Waals surface area contributed by atoms with E-state index in [1.807, 2.05) is 7.05 Å². The van der Waals surface area contributed by atoms with Crippen molar-refractivity contribution in [2.75, 3.05) is 32.0 Å². The molecule has 1 fully saturated rings. The van der Waals surface area contributed by atoms with Crippen molar-refractivity contribution in [2.45, 2.75) is 24.1 Å². The topological polar surface area (TPSA) is 104 Å². The Morgan fingerprint density at radius 2 is 2.24 bits per heavy atom. The third kappa shape index (κ3) is 3.96. The molecule has 0 aliphatic carbocycles. The summed E-state index contributed by atoms with van der Waals surface area (Å²) in [5, 5.41) is 13.1. The third-order valence-corrected chi connectivity index (χ3v) is 6.27. The average Bonchev–Trinajstić information content (AvgIpc) is 2.88. The van der Waals surface area contributed by atoms with Gasteiger partial charge in [0.1, 0.15) is 0 Å². The molecule has 0 bridgehead atoms. The molecule has 0 radical (unpaired) electrons. The number of carbonyl (C=O) groups is 1. The molecule has 1 aliphatic rings. The quantitative estimate of drug-likeness (QED) is 0.742. The van der Waals surface area contributed by atoms with Gasteiger partial charge in [-0.3, -0.25) is 4.79 Å². The number of amides is 1. The molecular formula is C11H19N5O3S2. The molecule has 1 saturated heterocycles. The first-order valence-electron chi connectivity index (χ1n) is 6.69. The molecule has 0 saturated carbocycles. The number of carbonyl (C=O) groups excluding carboxylic acids is 1. The molecule has 8 nitrogen and oxygen atoms in total. The summed E-state index contributed by atoms with van der Waals surface area (Å²) in [5.74, 6) is 0.00316. The van der Waals surface area contributed by atoms with Crippen LogP contribution in [0.4, 0.5) is 5.13 Å². The number of piperidine rings is 1. The molecule has 1 unspecified atom stereocenters. The van der Waals surface area contributed by atoms with Gasteiger partial charge in [0.2, 0.25) is 15.4 Å². The summed E-state index contributed by atoms with van der Waals surface area (Å²) in [7, 11) is -1.77. The van der Waals surface area contributed by atoms with Crippen molar-refractivity contribution in [3.63, 3.8) is 0 Å². The fourth-order valence-electron chi connectivity index (χ4n) is 2.33. The summed E-state index contributed by atoms with van der Waals surface area (Å²) in [6.45, 7) is 3.11. The largest absolute Gasteiger partial charge is 0.319 e. The number of sulfonamides is 1. The van der Waals surface area contributed by atoms with E-state index in [0.717, 1.165) is 30.7 Å². The molecule has 1 aromatic rings. The number of hydrogen-bond donors (Lipinski definition) is 2. The van der Waals surface area contributed by atoms with E-state index in [-0.39, 0.29) is 15.4 Å². The Balaban J connectivity index is 2.13. The molecule has 1 aromatic heterocycles. The van der Waals surface area contributed by atoms with E-state index < -0.39 is 10.0 Å². The molecule has 21 heavy (non-hydrogen) atoms. The Hall–Kier alpha value is -1.10. The van der Waals surface area contributed by atoms with Gasteiger partial charge in [0.05, 0.1) is 0 Å². The van der Waals surface area contributed by atoms with Crippen LogP contribution in [0.2, 0.25) is 0 Å². The minimum absolute atomic E-state index is 0.0728. The molecule has 0 spiro atoms. The first-order chi connectivity index (χ1) is 9.93. The van der Waals surface area contributed by atoms with Gasteiger partial charge in [0.25, 0.3) is 10.0 Å². The van der Waals surface area contributed by atoms with Gasteiger partial charge < -0.3 is 10.6 Å². The van der Waals surface area contributed by atoms with Gasteiger partial charge in [-0.15, -0.1) is 10.2 Å². The molecule has 1 amide bonds. The first-order valence-corrected chi connectivity index (χ1v) is 8.95. The summed E-state index contributed by atoms with van der Waals surface area (Å²) < 4.78 is 26.5. The maximum Gasteiger partial charge on any atom is 0.272 e. The minimum atomic E-state index is -3.63. The van der Waals surface area contributed by atoms with Crippen LogP contribution in [0.1, 0.15) is 19.8 Å². The smallest absolute Gasteiger partial charge is 0.272 e. The molecule has 2 rings (SSSR count).